The summed E-state index contributed by atoms with van der Waals surface area (Å²) in [5, 5.41) is 9.11. The van der Waals surface area contributed by atoms with Gasteiger partial charge in [-0.2, -0.15) is 0 Å². The average molecular weight is 250 g/mol. The molecule has 0 bridgehead atoms. The highest BCUT2D eigenvalue weighted by molar-refractivity contribution is 5.99. The van der Waals surface area contributed by atoms with Gasteiger partial charge in [0.15, 0.2) is 0 Å². The Balaban J connectivity index is 2.19. The molecule has 98 valence electrons. The molecule has 2 rings (SSSR count). The first-order chi connectivity index (χ1) is 8.63. The molecule has 2 atom stereocenters. The van der Waals surface area contributed by atoms with E-state index in [1.165, 1.54) is 0 Å². The summed E-state index contributed by atoms with van der Waals surface area (Å²) in [6.07, 6.45) is -0.310. The highest BCUT2D eigenvalue weighted by Crippen LogP contribution is 2.19. The van der Waals surface area contributed by atoms with Gasteiger partial charge in [-0.25, -0.2) is 0 Å². The van der Waals surface area contributed by atoms with E-state index in [4.69, 9.17) is 15.6 Å². The number of amides is 1. The molecule has 1 saturated heterocycles. The number of rotatable bonds is 2. The normalized spacial score (nSPS) is 24.0. The van der Waals surface area contributed by atoms with Gasteiger partial charge < -0.3 is 20.5 Å². The van der Waals surface area contributed by atoms with Crippen molar-refractivity contribution in [1.29, 1.82) is 0 Å². The van der Waals surface area contributed by atoms with E-state index < -0.39 is 0 Å². The fraction of sp³-hybridized carbons (Fsp3) is 0.462. The largest absolute Gasteiger partial charge is 0.398 e. The number of benzene rings is 1. The van der Waals surface area contributed by atoms with Gasteiger partial charge in [0, 0.05) is 12.2 Å². The second-order valence-electron chi connectivity index (χ2n) is 4.53. The van der Waals surface area contributed by atoms with Crippen LogP contribution in [-0.4, -0.2) is 47.8 Å². The van der Waals surface area contributed by atoms with Crippen LogP contribution in [0.2, 0.25) is 0 Å². The number of aliphatic hydroxyl groups is 1. The molecule has 0 saturated carbocycles. The molecule has 1 aliphatic rings. The first-order valence-electron chi connectivity index (χ1n) is 6.01. The Labute approximate surface area is 106 Å². The first-order valence-corrected chi connectivity index (χ1v) is 6.01. The van der Waals surface area contributed by atoms with Crippen LogP contribution in [-0.2, 0) is 4.74 Å². The van der Waals surface area contributed by atoms with E-state index in [1.807, 2.05) is 6.92 Å². The van der Waals surface area contributed by atoms with Gasteiger partial charge in [-0.05, 0) is 19.1 Å². The lowest BCUT2D eigenvalue weighted by Gasteiger charge is -2.37. The lowest BCUT2D eigenvalue weighted by molar-refractivity contribution is -0.0667. The highest BCUT2D eigenvalue weighted by Gasteiger charge is 2.30. The molecule has 1 heterocycles. The molecule has 1 aromatic carbocycles. The summed E-state index contributed by atoms with van der Waals surface area (Å²) in [6, 6.07) is 7.00. The molecule has 18 heavy (non-hydrogen) atoms. The standard InChI is InChI=1S/C13H18N2O3/c1-9-8-18-10(7-16)6-15(9)13(17)11-4-2-3-5-12(11)14/h2-5,9-10,16H,6-8,14H2,1H3. The van der Waals surface area contributed by atoms with Crippen molar-refractivity contribution in [3.8, 4) is 0 Å². The van der Waals surface area contributed by atoms with E-state index in [0.29, 0.717) is 24.4 Å². The zero-order valence-electron chi connectivity index (χ0n) is 10.4. The van der Waals surface area contributed by atoms with Crippen LogP contribution in [0.25, 0.3) is 0 Å². The third-order valence-corrected chi connectivity index (χ3v) is 3.16. The van der Waals surface area contributed by atoms with E-state index in [0.717, 1.165) is 0 Å². The first kappa shape index (κ1) is 12.9. The zero-order chi connectivity index (χ0) is 13.1. The highest BCUT2D eigenvalue weighted by atomic mass is 16.5. The molecular weight excluding hydrogens is 232 g/mol. The van der Waals surface area contributed by atoms with Crippen molar-refractivity contribution in [3.63, 3.8) is 0 Å². The van der Waals surface area contributed by atoms with E-state index in [-0.39, 0.29) is 24.7 Å². The number of anilines is 1. The van der Waals surface area contributed by atoms with Gasteiger partial charge in [0.05, 0.1) is 30.9 Å². The van der Waals surface area contributed by atoms with E-state index in [1.54, 1.807) is 29.2 Å². The van der Waals surface area contributed by atoms with Crippen LogP contribution in [0.3, 0.4) is 0 Å². The number of carbonyl (C=O) groups excluding carboxylic acids is 1. The van der Waals surface area contributed by atoms with Crippen molar-refractivity contribution in [3.05, 3.63) is 29.8 Å². The van der Waals surface area contributed by atoms with E-state index in [9.17, 15) is 4.79 Å². The molecule has 1 amide bonds. The molecule has 5 heteroatoms. The van der Waals surface area contributed by atoms with Gasteiger partial charge in [0.25, 0.3) is 5.91 Å². The summed E-state index contributed by atoms with van der Waals surface area (Å²) < 4.78 is 5.41. The van der Waals surface area contributed by atoms with Crippen molar-refractivity contribution in [2.45, 2.75) is 19.1 Å². The number of nitrogen functional groups attached to an aromatic ring is 1. The van der Waals surface area contributed by atoms with E-state index in [2.05, 4.69) is 0 Å². The molecule has 1 aromatic rings. The van der Waals surface area contributed by atoms with Crippen molar-refractivity contribution in [2.75, 3.05) is 25.5 Å². The summed E-state index contributed by atoms with van der Waals surface area (Å²) in [5.41, 5.74) is 6.79. The Bertz CT molecular complexity index is 436. The molecule has 5 nitrogen and oxygen atoms in total. The number of carbonyl (C=O) groups is 1. The molecule has 2 unspecified atom stereocenters. The number of hydrogen-bond donors (Lipinski definition) is 2. The minimum absolute atomic E-state index is 0.0140. The summed E-state index contributed by atoms with van der Waals surface area (Å²) >= 11 is 0. The van der Waals surface area contributed by atoms with Gasteiger partial charge in [-0.1, -0.05) is 12.1 Å². The van der Waals surface area contributed by atoms with Gasteiger partial charge in [-0.3, -0.25) is 4.79 Å². The van der Waals surface area contributed by atoms with Crippen molar-refractivity contribution in [2.24, 2.45) is 0 Å². The van der Waals surface area contributed by atoms with Gasteiger partial charge in [0.2, 0.25) is 0 Å². The number of nitrogens with zero attached hydrogens (tertiary/aromatic N) is 1. The second kappa shape index (κ2) is 5.37. The number of hydrogen-bond acceptors (Lipinski definition) is 4. The number of nitrogens with two attached hydrogens (primary N) is 1. The van der Waals surface area contributed by atoms with Gasteiger partial charge in [0.1, 0.15) is 0 Å². The van der Waals surface area contributed by atoms with Crippen molar-refractivity contribution >= 4 is 11.6 Å². The quantitative estimate of drug-likeness (QED) is 0.749. The summed E-state index contributed by atoms with van der Waals surface area (Å²) in [5.74, 6) is -0.109. The van der Waals surface area contributed by atoms with Crippen LogP contribution in [0.1, 0.15) is 17.3 Å². The Kier molecular flexibility index (Phi) is 3.84. The minimum atomic E-state index is -0.310. The van der Waals surface area contributed by atoms with Gasteiger partial charge in [-0.15, -0.1) is 0 Å². The topological polar surface area (TPSA) is 75.8 Å². The van der Waals surface area contributed by atoms with Crippen LogP contribution in [0.4, 0.5) is 5.69 Å². The Morgan fingerprint density at radius 2 is 2.28 bits per heavy atom. The SMILES string of the molecule is CC1COC(CO)CN1C(=O)c1ccccc1N. The smallest absolute Gasteiger partial charge is 0.256 e. The second-order valence-corrected chi connectivity index (χ2v) is 4.53. The number of ether oxygens (including phenoxy) is 1. The molecule has 3 N–H and O–H groups in total. The lowest BCUT2D eigenvalue weighted by atomic mass is 10.1. The van der Waals surface area contributed by atoms with Crippen molar-refractivity contribution < 1.29 is 14.6 Å². The van der Waals surface area contributed by atoms with Crippen LogP contribution in [0.5, 0.6) is 0 Å². The van der Waals surface area contributed by atoms with Crippen LogP contribution < -0.4 is 5.73 Å². The third kappa shape index (κ3) is 2.47. The molecule has 0 aromatic heterocycles. The fourth-order valence-corrected chi connectivity index (χ4v) is 2.06. The number of aliphatic hydroxyl groups excluding tert-OH is 1. The average Bonchev–Trinajstić information content (AvgIpc) is 2.39. The maximum absolute atomic E-state index is 12.4. The predicted molar refractivity (Wildman–Crippen MR) is 68.2 cm³/mol. The molecule has 1 fully saturated rings. The lowest BCUT2D eigenvalue weighted by Crippen LogP contribution is -2.52. The summed E-state index contributed by atoms with van der Waals surface area (Å²) in [6.45, 7) is 2.67. The van der Waals surface area contributed by atoms with E-state index >= 15 is 0 Å². The zero-order valence-corrected chi connectivity index (χ0v) is 10.4. The van der Waals surface area contributed by atoms with Crippen LogP contribution >= 0.6 is 0 Å². The maximum atomic E-state index is 12.4. The molecular formula is C13H18N2O3. The Morgan fingerprint density at radius 3 is 2.94 bits per heavy atom. The maximum Gasteiger partial charge on any atom is 0.256 e. The molecule has 0 radical (unpaired) electrons. The molecule has 1 aliphatic heterocycles. The van der Waals surface area contributed by atoms with Crippen LogP contribution in [0.15, 0.2) is 24.3 Å². The summed E-state index contributed by atoms with van der Waals surface area (Å²) in [7, 11) is 0. The Morgan fingerprint density at radius 1 is 1.56 bits per heavy atom. The fourth-order valence-electron chi connectivity index (χ4n) is 2.06. The van der Waals surface area contributed by atoms with Crippen LogP contribution in [0, 0.1) is 0 Å². The molecule has 0 spiro atoms. The molecule has 0 aliphatic carbocycles. The monoisotopic (exact) mass is 250 g/mol. The third-order valence-electron chi connectivity index (χ3n) is 3.16. The number of para-hydroxylation sites is 1. The van der Waals surface area contributed by atoms with Gasteiger partial charge >= 0.3 is 0 Å². The predicted octanol–water partition coefficient (Wildman–Crippen LogP) is 0.491. The number of morpholine rings is 1. The van der Waals surface area contributed by atoms with Crippen molar-refractivity contribution in [1.82, 2.24) is 4.90 Å². The summed E-state index contributed by atoms with van der Waals surface area (Å²) in [4.78, 5) is 14.1. The Hall–Kier alpha value is -1.59. The minimum Gasteiger partial charge on any atom is -0.398 e.